The Morgan fingerprint density at radius 2 is 1.73 bits per heavy atom. The van der Waals surface area contributed by atoms with Crippen molar-refractivity contribution in [2.75, 3.05) is 43.5 Å². The number of urea groups is 1. The number of ether oxygens (including phenoxy) is 1. The molecule has 0 radical (unpaired) electrons. The number of hydrogen-bond acceptors (Lipinski definition) is 3. The number of amides is 2. The zero-order chi connectivity index (χ0) is 18.7. The number of anilines is 2. The summed E-state index contributed by atoms with van der Waals surface area (Å²) >= 11 is 12.1. The molecule has 2 amide bonds. The first-order chi connectivity index (χ1) is 12.5. The van der Waals surface area contributed by atoms with Gasteiger partial charge in [-0.2, -0.15) is 0 Å². The van der Waals surface area contributed by atoms with Gasteiger partial charge in [0.05, 0.1) is 12.8 Å². The SMILES string of the molecule is COc1cc(Cl)c(C)cc1NC(=O)N1CCN(c2ccc(Cl)cc2)CC1. The Bertz CT molecular complexity index is 788. The molecule has 0 spiro atoms. The second kappa shape index (κ2) is 8.06. The molecule has 1 aliphatic rings. The van der Waals surface area contributed by atoms with Gasteiger partial charge in [0.2, 0.25) is 0 Å². The molecule has 0 aromatic heterocycles. The number of rotatable bonds is 3. The van der Waals surface area contributed by atoms with Crippen molar-refractivity contribution >= 4 is 40.6 Å². The molecule has 0 saturated carbocycles. The highest BCUT2D eigenvalue weighted by Crippen LogP contribution is 2.31. The van der Waals surface area contributed by atoms with E-state index in [2.05, 4.69) is 10.2 Å². The van der Waals surface area contributed by atoms with Crippen LogP contribution < -0.4 is 15.0 Å². The van der Waals surface area contributed by atoms with Gasteiger partial charge in [-0.1, -0.05) is 23.2 Å². The number of carbonyl (C=O) groups excluding carboxylic acids is 1. The molecule has 2 aromatic carbocycles. The lowest BCUT2D eigenvalue weighted by Crippen LogP contribution is -2.50. The van der Waals surface area contributed by atoms with Crippen LogP contribution in [0.4, 0.5) is 16.2 Å². The van der Waals surface area contributed by atoms with Crippen molar-refractivity contribution in [1.82, 2.24) is 4.90 Å². The van der Waals surface area contributed by atoms with E-state index in [1.807, 2.05) is 37.3 Å². The van der Waals surface area contributed by atoms with Gasteiger partial charge < -0.3 is 19.9 Å². The Kier molecular flexibility index (Phi) is 5.79. The molecule has 26 heavy (non-hydrogen) atoms. The molecule has 0 unspecified atom stereocenters. The molecule has 7 heteroatoms. The van der Waals surface area contributed by atoms with Crippen LogP contribution in [0.25, 0.3) is 0 Å². The zero-order valence-electron chi connectivity index (χ0n) is 14.8. The molecule has 1 N–H and O–H groups in total. The van der Waals surface area contributed by atoms with E-state index in [9.17, 15) is 4.79 Å². The Hall–Kier alpha value is -2.11. The van der Waals surface area contributed by atoms with Gasteiger partial charge in [0.25, 0.3) is 0 Å². The highest BCUT2D eigenvalue weighted by molar-refractivity contribution is 6.31. The number of methoxy groups -OCH3 is 1. The van der Waals surface area contributed by atoms with E-state index in [0.717, 1.165) is 29.4 Å². The minimum atomic E-state index is -0.138. The van der Waals surface area contributed by atoms with Crippen molar-refractivity contribution in [3.8, 4) is 5.75 Å². The van der Waals surface area contributed by atoms with Gasteiger partial charge >= 0.3 is 6.03 Å². The van der Waals surface area contributed by atoms with Crippen molar-refractivity contribution in [2.45, 2.75) is 6.92 Å². The maximum atomic E-state index is 12.6. The third-order valence-corrected chi connectivity index (χ3v) is 5.14. The van der Waals surface area contributed by atoms with Crippen molar-refractivity contribution in [3.63, 3.8) is 0 Å². The number of nitrogens with zero attached hydrogens (tertiary/aromatic N) is 2. The average Bonchev–Trinajstić information content (AvgIpc) is 2.65. The van der Waals surface area contributed by atoms with Crippen LogP contribution in [0.3, 0.4) is 0 Å². The molecule has 5 nitrogen and oxygen atoms in total. The van der Waals surface area contributed by atoms with E-state index >= 15 is 0 Å². The summed E-state index contributed by atoms with van der Waals surface area (Å²) in [5, 5.41) is 4.26. The average molecular weight is 394 g/mol. The summed E-state index contributed by atoms with van der Waals surface area (Å²) < 4.78 is 5.32. The number of benzene rings is 2. The number of halogens is 2. The normalized spacial score (nSPS) is 14.3. The summed E-state index contributed by atoms with van der Waals surface area (Å²) in [7, 11) is 1.56. The number of carbonyl (C=O) groups is 1. The van der Waals surface area contributed by atoms with Gasteiger partial charge in [-0.15, -0.1) is 0 Å². The number of piperazine rings is 1. The third-order valence-electron chi connectivity index (χ3n) is 4.48. The molecule has 0 atom stereocenters. The van der Waals surface area contributed by atoms with Gasteiger partial charge in [0, 0.05) is 48.0 Å². The molecule has 0 aliphatic carbocycles. The summed E-state index contributed by atoms with van der Waals surface area (Å²) in [6.07, 6.45) is 0. The Labute approximate surface area is 163 Å². The van der Waals surface area contributed by atoms with E-state index in [-0.39, 0.29) is 6.03 Å². The van der Waals surface area contributed by atoms with Crippen LogP contribution in [0.2, 0.25) is 10.0 Å². The fourth-order valence-electron chi connectivity index (χ4n) is 2.94. The van der Waals surface area contributed by atoms with Gasteiger partial charge in [0.1, 0.15) is 5.75 Å². The molecule has 1 aliphatic heterocycles. The fraction of sp³-hybridized carbons (Fsp3) is 0.316. The minimum absolute atomic E-state index is 0.138. The predicted octanol–water partition coefficient (Wildman–Crippen LogP) is 4.66. The highest BCUT2D eigenvalue weighted by Gasteiger charge is 2.22. The lowest BCUT2D eigenvalue weighted by atomic mass is 10.2. The Morgan fingerprint density at radius 3 is 2.35 bits per heavy atom. The zero-order valence-corrected chi connectivity index (χ0v) is 16.3. The van der Waals surface area contributed by atoms with Crippen molar-refractivity contribution in [1.29, 1.82) is 0 Å². The molecule has 1 fully saturated rings. The largest absolute Gasteiger partial charge is 0.495 e. The summed E-state index contributed by atoms with van der Waals surface area (Å²) in [4.78, 5) is 16.7. The van der Waals surface area contributed by atoms with Crippen LogP contribution in [-0.4, -0.2) is 44.2 Å². The smallest absolute Gasteiger partial charge is 0.322 e. The lowest BCUT2D eigenvalue weighted by Gasteiger charge is -2.36. The summed E-state index contributed by atoms with van der Waals surface area (Å²) in [5.41, 5.74) is 2.62. The number of hydrogen-bond donors (Lipinski definition) is 1. The highest BCUT2D eigenvalue weighted by atomic mass is 35.5. The van der Waals surface area contributed by atoms with Gasteiger partial charge in [-0.25, -0.2) is 4.79 Å². The van der Waals surface area contributed by atoms with Crippen LogP contribution in [0.15, 0.2) is 36.4 Å². The molecular weight excluding hydrogens is 373 g/mol. The second-order valence-corrected chi connectivity index (χ2v) is 7.03. The van der Waals surface area contributed by atoms with E-state index < -0.39 is 0 Å². The standard InChI is InChI=1S/C19H21Cl2N3O2/c1-13-11-17(18(26-2)12-16(13)21)22-19(25)24-9-7-23(8-10-24)15-5-3-14(20)4-6-15/h3-6,11-12H,7-10H2,1-2H3,(H,22,25). The number of aryl methyl sites for hydroxylation is 1. The van der Waals surface area contributed by atoms with Crippen LogP contribution in [-0.2, 0) is 0 Å². The third kappa shape index (κ3) is 4.17. The van der Waals surface area contributed by atoms with Crippen LogP contribution in [0.5, 0.6) is 5.75 Å². The van der Waals surface area contributed by atoms with Gasteiger partial charge in [-0.05, 0) is 42.8 Å². The van der Waals surface area contributed by atoms with Crippen LogP contribution in [0, 0.1) is 6.92 Å². The molecule has 1 heterocycles. The molecule has 1 saturated heterocycles. The molecule has 2 aromatic rings. The van der Waals surface area contributed by atoms with Crippen LogP contribution in [0.1, 0.15) is 5.56 Å². The van der Waals surface area contributed by atoms with E-state index in [1.54, 1.807) is 18.1 Å². The fourth-order valence-corrected chi connectivity index (χ4v) is 3.22. The maximum absolute atomic E-state index is 12.6. The second-order valence-electron chi connectivity index (χ2n) is 6.18. The topological polar surface area (TPSA) is 44.8 Å². The van der Waals surface area contributed by atoms with Gasteiger partial charge in [-0.3, -0.25) is 0 Å². The van der Waals surface area contributed by atoms with Crippen molar-refractivity contribution in [3.05, 3.63) is 52.0 Å². The van der Waals surface area contributed by atoms with Crippen molar-refractivity contribution < 1.29 is 9.53 Å². The Balaban J connectivity index is 1.62. The van der Waals surface area contributed by atoms with Gasteiger partial charge in [0.15, 0.2) is 0 Å². The van der Waals surface area contributed by atoms with Crippen molar-refractivity contribution in [2.24, 2.45) is 0 Å². The monoisotopic (exact) mass is 393 g/mol. The quantitative estimate of drug-likeness (QED) is 0.823. The molecular formula is C19H21Cl2N3O2. The summed E-state index contributed by atoms with van der Waals surface area (Å²) in [6, 6.07) is 11.2. The first kappa shape index (κ1) is 18.7. The van der Waals surface area contributed by atoms with E-state index in [4.69, 9.17) is 27.9 Å². The predicted molar refractivity (Wildman–Crippen MR) is 107 cm³/mol. The molecule has 0 bridgehead atoms. The molecule has 3 rings (SSSR count). The molecule has 138 valence electrons. The minimum Gasteiger partial charge on any atom is -0.495 e. The summed E-state index contributed by atoms with van der Waals surface area (Å²) in [5.74, 6) is 0.550. The van der Waals surface area contributed by atoms with Crippen LogP contribution >= 0.6 is 23.2 Å². The van der Waals surface area contributed by atoms with E-state index in [1.165, 1.54) is 0 Å². The van der Waals surface area contributed by atoms with E-state index in [0.29, 0.717) is 29.5 Å². The Morgan fingerprint density at radius 1 is 1.08 bits per heavy atom. The first-order valence-electron chi connectivity index (χ1n) is 8.38. The lowest BCUT2D eigenvalue weighted by molar-refractivity contribution is 0.208. The first-order valence-corrected chi connectivity index (χ1v) is 9.14. The number of nitrogens with one attached hydrogen (secondary N) is 1. The maximum Gasteiger partial charge on any atom is 0.322 e. The summed E-state index contributed by atoms with van der Waals surface area (Å²) in [6.45, 7) is 4.71.